The molecule has 0 amide bonds. The molecule has 1 aliphatic carbocycles. The second-order valence-corrected chi connectivity index (χ2v) is 5.37. The molecule has 0 fully saturated rings. The van der Waals surface area contributed by atoms with Crippen molar-refractivity contribution in [2.75, 3.05) is 6.61 Å². The van der Waals surface area contributed by atoms with Crippen molar-refractivity contribution < 1.29 is 5.11 Å². The van der Waals surface area contributed by atoms with E-state index >= 15 is 0 Å². The summed E-state index contributed by atoms with van der Waals surface area (Å²) in [5.41, 5.74) is 9.66. The van der Waals surface area contributed by atoms with Gasteiger partial charge in [0, 0.05) is 10.0 Å². The molecule has 2 rings (SSSR count). The van der Waals surface area contributed by atoms with Gasteiger partial charge in [-0.3, -0.25) is 0 Å². The molecule has 1 aromatic carbocycles. The Bertz CT molecular complexity index is 391. The third kappa shape index (κ3) is 1.96. The van der Waals surface area contributed by atoms with Gasteiger partial charge in [0.2, 0.25) is 0 Å². The van der Waals surface area contributed by atoms with Gasteiger partial charge in [0.1, 0.15) is 0 Å². The zero-order valence-corrected chi connectivity index (χ0v) is 10.5. The van der Waals surface area contributed by atoms with E-state index < -0.39 is 5.54 Å². The van der Waals surface area contributed by atoms with Crippen molar-refractivity contribution in [1.29, 1.82) is 0 Å². The fourth-order valence-electron chi connectivity index (χ4n) is 2.25. The number of fused-ring (bicyclic) bond motifs is 1. The number of hydrogen-bond donors (Lipinski definition) is 2. The number of benzene rings is 1. The predicted molar refractivity (Wildman–Crippen MR) is 64.9 cm³/mol. The fraction of sp³-hybridized carbons (Fsp3) is 0.500. The molecule has 0 aromatic heterocycles. The smallest absolute Gasteiger partial charge is 0.0614 e. The van der Waals surface area contributed by atoms with E-state index in [2.05, 4.69) is 35.0 Å². The Morgan fingerprint density at radius 1 is 1.47 bits per heavy atom. The third-order valence-electron chi connectivity index (χ3n) is 3.32. The molecule has 0 saturated heterocycles. The first-order valence-corrected chi connectivity index (χ1v) is 6.02. The number of aliphatic hydroxyl groups is 1. The summed E-state index contributed by atoms with van der Waals surface area (Å²) in [4.78, 5) is 0. The van der Waals surface area contributed by atoms with Gasteiger partial charge in [0.25, 0.3) is 0 Å². The number of halogens is 1. The average molecular weight is 270 g/mol. The van der Waals surface area contributed by atoms with E-state index in [0.29, 0.717) is 0 Å². The van der Waals surface area contributed by atoms with Crippen LogP contribution < -0.4 is 5.73 Å². The quantitative estimate of drug-likeness (QED) is 0.819. The summed E-state index contributed by atoms with van der Waals surface area (Å²) in [5, 5.41) is 9.30. The Kier molecular flexibility index (Phi) is 2.88. The van der Waals surface area contributed by atoms with Crippen LogP contribution in [0.5, 0.6) is 0 Å². The first-order chi connectivity index (χ1) is 7.06. The molecule has 0 bridgehead atoms. The van der Waals surface area contributed by atoms with Crippen LogP contribution >= 0.6 is 15.9 Å². The molecule has 1 unspecified atom stereocenters. The minimum Gasteiger partial charge on any atom is -0.394 e. The minimum atomic E-state index is -0.418. The Hall–Kier alpha value is -0.380. The lowest BCUT2D eigenvalue weighted by Gasteiger charge is -2.34. The molecule has 0 radical (unpaired) electrons. The van der Waals surface area contributed by atoms with Crippen LogP contribution in [-0.2, 0) is 12.8 Å². The van der Waals surface area contributed by atoms with Gasteiger partial charge in [0.05, 0.1) is 6.61 Å². The average Bonchev–Trinajstić information content (AvgIpc) is 2.24. The number of hydrogen-bond acceptors (Lipinski definition) is 2. The van der Waals surface area contributed by atoms with Gasteiger partial charge in [-0.15, -0.1) is 0 Å². The summed E-state index contributed by atoms with van der Waals surface area (Å²) in [5.74, 6) is 0. The molecule has 82 valence electrons. The zero-order valence-electron chi connectivity index (χ0n) is 8.89. The van der Waals surface area contributed by atoms with E-state index in [0.717, 1.165) is 19.3 Å². The van der Waals surface area contributed by atoms with Crippen LogP contribution in [0.2, 0.25) is 0 Å². The molecular weight excluding hydrogens is 254 g/mol. The largest absolute Gasteiger partial charge is 0.394 e. The molecule has 3 N–H and O–H groups in total. The predicted octanol–water partition coefficient (Wildman–Crippen LogP) is 1.94. The van der Waals surface area contributed by atoms with Crippen LogP contribution in [-0.4, -0.2) is 17.3 Å². The molecule has 15 heavy (non-hydrogen) atoms. The number of aryl methyl sites for hydroxylation is 1. The highest BCUT2D eigenvalue weighted by molar-refractivity contribution is 9.10. The van der Waals surface area contributed by atoms with Gasteiger partial charge in [-0.05, 0) is 48.9 Å². The highest BCUT2D eigenvalue weighted by Gasteiger charge is 2.31. The minimum absolute atomic E-state index is 0.0679. The second kappa shape index (κ2) is 3.89. The highest BCUT2D eigenvalue weighted by atomic mass is 79.9. The molecule has 0 saturated carbocycles. The molecule has 1 aromatic rings. The Balaban J connectivity index is 2.45. The topological polar surface area (TPSA) is 46.2 Å². The molecule has 3 heteroatoms. The van der Waals surface area contributed by atoms with E-state index in [4.69, 9.17) is 5.73 Å². The van der Waals surface area contributed by atoms with Crippen molar-refractivity contribution in [3.05, 3.63) is 33.3 Å². The Morgan fingerprint density at radius 3 is 2.87 bits per heavy atom. The van der Waals surface area contributed by atoms with Gasteiger partial charge in [-0.1, -0.05) is 22.0 Å². The van der Waals surface area contributed by atoms with Crippen LogP contribution in [0.15, 0.2) is 16.6 Å². The molecular formula is C12H16BrNO. The number of aliphatic hydroxyl groups excluding tert-OH is 1. The van der Waals surface area contributed by atoms with Gasteiger partial charge < -0.3 is 10.8 Å². The standard InChI is InChI=1S/C12H16BrNO/c1-8-2-3-11(13)9-4-5-12(14,7-15)6-10(8)9/h2-3,15H,4-7,14H2,1H3. The van der Waals surface area contributed by atoms with Crippen LogP contribution in [0, 0.1) is 6.92 Å². The lowest BCUT2D eigenvalue weighted by molar-refractivity contribution is 0.180. The van der Waals surface area contributed by atoms with Gasteiger partial charge in [-0.25, -0.2) is 0 Å². The normalized spacial score (nSPS) is 25.1. The van der Waals surface area contributed by atoms with Crippen LogP contribution in [0.1, 0.15) is 23.1 Å². The van der Waals surface area contributed by atoms with Crippen molar-refractivity contribution in [3.63, 3.8) is 0 Å². The second-order valence-electron chi connectivity index (χ2n) is 4.52. The first kappa shape index (κ1) is 11.1. The van der Waals surface area contributed by atoms with Gasteiger partial charge >= 0.3 is 0 Å². The molecule has 1 atom stereocenters. The summed E-state index contributed by atoms with van der Waals surface area (Å²) in [6, 6.07) is 4.20. The van der Waals surface area contributed by atoms with Gasteiger partial charge in [-0.2, -0.15) is 0 Å². The van der Waals surface area contributed by atoms with Crippen molar-refractivity contribution in [1.82, 2.24) is 0 Å². The van der Waals surface area contributed by atoms with Crippen molar-refractivity contribution in [3.8, 4) is 0 Å². The maximum Gasteiger partial charge on any atom is 0.0614 e. The van der Waals surface area contributed by atoms with E-state index in [1.54, 1.807) is 0 Å². The third-order valence-corrected chi connectivity index (χ3v) is 4.07. The lowest BCUT2D eigenvalue weighted by Crippen LogP contribution is -2.48. The maximum absolute atomic E-state index is 9.30. The summed E-state index contributed by atoms with van der Waals surface area (Å²) in [6.07, 6.45) is 2.59. The monoisotopic (exact) mass is 269 g/mol. The van der Waals surface area contributed by atoms with E-state index in [9.17, 15) is 5.11 Å². The fourth-order valence-corrected chi connectivity index (χ4v) is 2.82. The van der Waals surface area contributed by atoms with Crippen LogP contribution in [0.4, 0.5) is 0 Å². The Labute approximate surface area is 98.6 Å². The van der Waals surface area contributed by atoms with Crippen molar-refractivity contribution in [2.45, 2.75) is 31.7 Å². The molecule has 0 heterocycles. The molecule has 1 aliphatic rings. The summed E-state index contributed by atoms with van der Waals surface area (Å²) < 4.78 is 1.17. The van der Waals surface area contributed by atoms with Crippen LogP contribution in [0.25, 0.3) is 0 Å². The number of nitrogens with two attached hydrogens (primary N) is 1. The number of rotatable bonds is 1. The lowest BCUT2D eigenvalue weighted by atomic mass is 9.77. The van der Waals surface area contributed by atoms with Crippen molar-refractivity contribution >= 4 is 15.9 Å². The zero-order chi connectivity index (χ0) is 11.1. The summed E-state index contributed by atoms with van der Waals surface area (Å²) in [7, 11) is 0. The maximum atomic E-state index is 9.30. The van der Waals surface area contributed by atoms with E-state index in [-0.39, 0.29) is 6.61 Å². The SMILES string of the molecule is Cc1ccc(Br)c2c1CC(N)(CO)CC2. The molecule has 0 spiro atoms. The first-order valence-electron chi connectivity index (χ1n) is 5.22. The highest BCUT2D eigenvalue weighted by Crippen LogP contribution is 2.33. The van der Waals surface area contributed by atoms with E-state index in [1.165, 1.54) is 21.2 Å². The summed E-state index contributed by atoms with van der Waals surface area (Å²) >= 11 is 3.57. The Morgan fingerprint density at radius 2 is 2.20 bits per heavy atom. The van der Waals surface area contributed by atoms with Gasteiger partial charge in [0.15, 0.2) is 0 Å². The van der Waals surface area contributed by atoms with Crippen LogP contribution in [0.3, 0.4) is 0 Å². The van der Waals surface area contributed by atoms with E-state index in [1.807, 2.05) is 0 Å². The molecule has 0 aliphatic heterocycles. The van der Waals surface area contributed by atoms with Crippen molar-refractivity contribution in [2.24, 2.45) is 5.73 Å². The summed E-state index contributed by atoms with van der Waals surface area (Å²) in [6.45, 7) is 2.17. The molecule has 2 nitrogen and oxygen atoms in total.